The van der Waals surface area contributed by atoms with Crippen molar-refractivity contribution in [3.8, 4) is 23.3 Å². The maximum atomic E-state index is 9.64. The molecule has 0 aliphatic rings. The first-order valence-corrected chi connectivity index (χ1v) is 9.05. The predicted octanol–water partition coefficient (Wildman–Crippen LogP) is 4.81. The zero-order chi connectivity index (χ0) is 19.4. The van der Waals surface area contributed by atoms with Crippen LogP contribution in [0.25, 0.3) is 22.7 Å². The minimum absolute atomic E-state index is 0.407. The highest BCUT2D eigenvalue weighted by molar-refractivity contribution is 9.10. The van der Waals surface area contributed by atoms with Gasteiger partial charge in [0.2, 0.25) is 0 Å². The third-order valence-corrected chi connectivity index (χ3v) is 4.50. The Morgan fingerprint density at radius 3 is 2.74 bits per heavy atom. The number of H-pyrrole nitrogens is 1. The number of rotatable bonds is 6. The van der Waals surface area contributed by atoms with Gasteiger partial charge in [-0.05, 0) is 58.8 Å². The van der Waals surface area contributed by atoms with Crippen LogP contribution in [-0.4, -0.2) is 30.8 Å². The van der Waals surface area contributed by atoms with Gasteiger partial charge in [-0.2, -0.15) is 5.26 Å². The summed E-state index contributed by atoms with van der Waals surface area (Å²) in [6, 6.07) is 11.4. The van der Waals surface area contributed by atoms with Crippen LogP contribution in [0.2, 0.25) is 0 Å². The maximum absolute atomic E-state index is 9.64. The Morgan fingerprint density at radius 2 is 2.07 bits per heavy atom. The number of hydrogen-bond acceptors (Lipinski definition) is 5. The van der Waals surface area contributed by atoms with Crippen LogP contribution in [0.4, 0.5) is 0 Å². The number of benzene rings is 2. The highest BCUT2D eigenvalue weighted by atomic mass is 79.9. The van der Waals surface area contributed by atoms with Gasteiger partial charge in [0.05, 0.1) is 41.9 Å². The maximum Gasteiger partial charge on any atom is 0.174 e. The molecule has 2 aromatic carbocycles. The first-order valence-electron chi connectivity index (χ1n) is 8.25. The first kappa shape index (κ1) is 18.8. The van der Waals surface area contributed by atoms with Gasteiger partial charge >= 0.3 is 0 Å². The van der Waals surface area contributed by atoms with Crippen LogP contribution in [0.3, 0.4) is 0 Å². The number of fused-ring (bicyclic) bond motifs is 1. The first-order chi connectivity index (χ1) is 13.1. The standard InChI is InChI=1S/C20H18BrN3O3/c1-4-27-18-9-12(8-15(21)19(18)26-3)7-13(11-22)20-23-16-6-5-14(25-2)10-17(16)24-20/h5-10H,4H2,1-3H3,(H,23,24)/b13-7-. The summed E-state index contributed by atoms with van der Waals surface area (Å²) in [4.78, 5) is 7.67. The number of nitrogens with one attached hydrogen (secondary N) is 1. The largest absolute Gasteiger partial charge is 0.497 e. The van der Waals surface area contributed by atoms with Crippen LogP contribution < -0.4 is 14.2 Å². The predicted molar refractivity (Wildman–Crippen MR) is 108 cm³/mol. The van der Waals surface area contributed by atoms with E-state index in [1.54, 1.807) is 20.3 Å². The summed E-state index contributed by atoms with van der Waals surface area (Å²) in [7, 11) is 3.19. The van der Waals surface area contributed by atoms with Gasteiger partial charge in [0.15, 0.2) is 11.5 Å². The van der Waals surface area contributed by atoms with E-state index in [0.29, 0.717) is 29.5 Å². The van der Waals surface area contributed by atoms with Crippen LogP contribution in [0, 0.1) is 11.3 Å². The van der Waals surface area contributed by atoms with Gasteiger partial charge in [0, 0.05) is 6.07 Å². The van der Waals surface area contributed by atoms with Crippen LogP contribution in [0.5, 0.6) is 17.2 Å². The molecule has 138 valence electrons. The van der Waals surface area contributed by atoms with Crippen molar-refractivity contribution < 1.29 is 14.2 Å². The van der Waals surface area contributed by atoms with E-state index in [1.165, 1.54) is 0 Å². The lowest BCUT2D eigenvalue weighted by atomic mass is 10.1. The Kier molecular flexibility index (Phi) is 5.67. The van der Waals surface area contributed by atoms with E-state index in [4.69, 9.17) is 14.2 Å². The fraction of sp³-hybridized carbons (Fsp3) is 0.200. The van der Waals surface area contributed by atoms with Gasteiger partial charge in [-0.3, -0.25) is 0 Å². The minimum atomic E-state index is 0.407. The SMILES string of the molecule is CCOc1cc(/C=C(/C#N)c2nc3ccc(OC)cc3[nH]2)cc(Br)c1OC. The molecule has 0 aliphatic carbocycles. The van der Waals surface area contributed by atoms with E-state index in [1.807, 2.05) is 37.3 Å². The number of aromatic nitrogens is 2. The second kappa shape index (κ2) is 8.14. The number of allylic oxidation sites excluding steroid dienone is 1. The van der Waals surface area contributed by atoms with E-state index in [2.05, 4.69) is 32.0 Å². The summed E-state index contributed by atoms with van der Waals surface area (Å²) in [5, 5.41) is 9.64. The molecule has 0 bridgehead atoms. The molecule has 0 saturated carbocycles. The molecular weight excluding hydrogens is 410 g/mol. The molecule has 0 unspecified atom stereocenters. The van der Waals surface area contributed by atoms with Crippen LogP contribution in [0.1, 0.15) is 18.3 Å². The summed E-state index contributed by atoms with van der Waals surface area (Å²) in [6.45, 7) is 2.41. The molecule has 0 atom stereocenters. The average Bonchev–Trinajstić information content (AvgIpc) is 3.09. The molecule has 0 fully saturated rings. The smallest absolute Gasteiger partial charge is 0.174 e. The normalized spacial score (nSPS) is 11.3. The third kappa shape index (κ3) is 3.91. The van der Waals surface area contributed by atoms with Crippen molar-refractivity contribution >= 4 is 38.6 Å². The summed E-state index contributed by atoms with van der Waals surface area (Å²) < 4.78 is 17.0. The topological polar surface area (TPSA) is 80.2 Å². The number of nitrogens with zero attached hydrogens (tertiary/aromatic N) is 2. The molecule has 1 heterocycles. The molecule has 6 nitrogen and oxygen atoms in total. The highest BCUT2D eigenvalue weighted by Gasteiger charge is 2.13. The average molecular weight is 428 g/mol. The molecule has 0 aliphatic heterocycles. The summed E-state index contributed by atoms with van der Waals surface area (Å²) in [5.41, 5.74) is 2.76. The Balaban J connectivity index is 2.05. The monoisotopic (exact) mass is 427 g/mol. The number of ether oxygens (including phenoxy) is 3. The Labute approximate surface area is 165 Å². The van der Waals surface area contributed by atoms with E-state index < -0.39 is 0 Å². The molecule has 0 radical (unpaired) electrons. The van der Waals surface area contributed by atoms with Crippen molar-refractivity contribution in [3.05, 3.63) is 46.2 Å². The lowest BCUT2D eigenvalue weighted by molar-refractivity contribution is 0.310. The Hall–Kier alpha value is -2.98. The van der Waals surface area contributed by atoms with Gasteiger partial charge in [0.1, 0.15) is 17.6 Å². The van der Waals surface area contributed by atoms with Gasteiger partial charge in [-0.15, -0.1) is 0 Å². The lowest BCUT2D eigenvalue weighted by Gasteiger charge is -2.12. The molecule has 0 spiro atoms. The zero-order valence-corrected chi connectivity index (χ0v) is 16.8. The van der Waals surface area contributed by atoms with Crippen LogP contribution in [-0.2, 0) is 0 Å². The summed E-state index contributed by atoms with van der Waals surface area (Å²) >= 11 is 3.49. The van der Waals surface area contributed by atoms with Crippen molar-refractivity contribution in [3.63, 3.8) is 0 Å². The van der Waals surface area contributed by atoms with Gasteiger partial charge in [-0.1, -0.05) is 0 Å². The molecule has 27 heavy (non-hydrogen) atoms. The number of aromatic amines is 1. The van der Waals surface area contributed by atoms with Crippen molar-refractivity contribution in [2.45, 2.75) is 6.92 Å². The molecular formula is C20H18BrN3O3. The van der Waals surface area contributed by atoms with Gasteiger partial charge in [0.25, 0.3) is 0 Å². The molecule has 0 amide bonds. The molecule has 3 aromatic rings. The molecule has 3 rings (SSSR count). The van der Waals surface area contributed by atoms with Gasteiger partial charge in [-0.25, -0.2) is 4.98 Å². The van der Waals surface area contributed by atoms with Crippen LogP contribution in [0.15, 0.2) is 34.8 Å². The minimum Gasteiger partial charge on any atom is -0.497 e. The van der Waals surface area contributed by atoms with Crippen molar-refractivity contribution in [1.29, 1.82) is 5.26 Å². The quantitative estimate of drug-likeness (QED) is 0.571. The number of nitriles is 1. The van der Waals surface area contributed by atoms with E-state index in [0.717, 1.165) is 26.8 Å². The number of hydrogen-bond donors (Lipinski definition) is 1. The van der Waals surface area contributed by atoms with Gasteiger partial charge < -0.3 is 19.2 Å². The Bertz CT molecular complexity index is 1050. The summed E-state index contributed by atoms with van der Waals surface area (Å²) in [6.07, 6.45) is 1.75. The number of halogens is 1. The van der Waals surface area contributed by atoms with Crippen molar-refractivity contribution in [2.75, 3.05) is 20.8 Å². The van der Waals surface area contributed by atoms with E-state index >= 15 is 0 Å². The van der Waals surface area contributed by atoms with E-state index in [9.17, 15) is 5.26 Å². The molecule has 1 N–H and O–H groups in total. The molecule has 1 aromatic heterocycles. The van der Waals surface area contributed by atoms with Crippen molar-refractivity contribution in [1.82, 2.24) is 9.97 Å². The lowest BCUT2D eigenvalue weighted by Crippen LogP contribution is -1.97. The molecule has 7 heteroatoms. The highest BCUT2D eigenvalue weighted by Crippen LogP contribution is 2.37. The zero-order valence-electron chi connectivity index (χ0n) is 15.2. The van der Waals surface area contributed by atoms with Crippen molar-refractivity contribution in [2.24, 2.45) is 0 Å². The second-order valence-corrected chi connectivity index (χ2v) is 6.46. The van der Waals surface area contributed by atoms with E-state index in [-0.39, 0.29) is 0 Å². The fourth-order valence-corrected chi connectivity index (χ4v) is 3.32. The third-order valence-electron chi connectivity index (χ3n) is 3.91. The fourth-order valence-electron chi connectivity index (χ4n) is 2.70. The molecule has 0 saturated heterocycles. The second-order valence-electron chi connectivity index (χ2n) is 5.61. The van der Waals surface area contributed by atoms with Crippen LogP contribution >= 0.6 is 15.9 Å². The number of imidazole rings is 1. The Morgan fingerprint density at radius 1 is 1.26 bits per heavy atom. The summed E-state index contributed by atoms with van der Waals surface area (Å²) in [5.74, 6) is 2.43. The number of methoxy groups -OCH3 is 2.